The van der Waals surface area contributed by atoms with Crippen LogP contribution in [-0.2, 0) is 25.8 Å². The number of rotatable bonds is 3. The van der Waals surface area contributed by atoms with Gasteiger partial charge < -0.3 is 9.80 Å². The molecule has 2 aliphatic heterocycles. The molecule has 3 rings (SSSR count). The maximum Gasteiger partial charge on any atom is 0.242 e. The monoisotopic (exact) mass is 336 g/mol. The lowest BCUT2D eigenvalue weighted by atomic mass is 10.0. The van der Waals surface area contributed by atoms with Gasteiger partial charge in [0.25, 0.3) is 0 Å². The van der Waals surface area contributed by atoms with Crippen molar-refractivity contribution in [3.63, 3.8) is 0 Å². The van der Waals surface area contributed by atoms with E-state index in [0.29, 0.717) is 25.8 Å². The number of hydrogen-bond donors (Lipinski definition) is 0. The Bertz CT molecular complexity index is 744. The quantitative estimate of drug-likeness (QED) is 0.811. The summed E-state index contributed by atoms with van der Waals surface area (Å²) in [5.74, 6) is -0.253. The molecule has 0 aromatic heterocycles. The minimum Gasteiger partial charge on any atom is -0.340 e. The highest BCUT2D eigenvalue weighted by molar-refractivity contribution is 7.91. The molecule has 0 aliphatic carbocycles. The van der Waals surface area contributed by atoms with Gasteiger partial charge in [-0.25, -0.2) is 8.42 Å². The molecule has 23 heavy (non-hydrogen) atoms. The molecule has 1 unspecified atom stereocenters. The lowest BCUT2D eigenvalue weighted by Gasteiger charge is -2.30. The zero-order valence-corrected chi connectivity index (χ0v) is 13.9. The van der Waals surface area contributed by atoms with E-state index in [2.05, 4.69) is 0 Å². The van der Waals surface area contributed by atoms with E-state index >= 15 is 0 Å². The Labute approximate surface area is 136 Å². The highest BCUT2D eigenvalue weighted by Crippen LogP contribution is 2.27. The Balaban J connectivity index is 1.73. The van der Waals surface area contributed by atoms with E-state index in [1.807, 2.05) is 24.3 Å². The topological polar surface area (TPSA) is 74.8 Å². The van der Waals surface area contributed by atoms with Crippen molar-refractivity contribution in [1.82, 2.24) is 4.90 Å². The number of sulfone groups is 1. The first-order chi connectivity index (χ1) is 10.9. The zero-order chi connectivity index (χ0) is 16.6. The summed E-state index contributed by atoms with van der Waals surface area (Å²) in [4.78, 5) is 27.7. The molecule has 1 aromatic carbocycles. The van der Waals surface area contributed by atoms with Crippen LogP contribution in [-0.4, -0.2) is 56.3 Å². The standard InChI is InChI=1S/C16H20N2O4S/c1-23(21,22)13-8-9-17(10-13)16(20)11-18-14-5-3-2-4-12(14)6-7-15(18)19/h2-5,13H,6-11H2,1H3. The van der Waals surface area contributed by atoms with Crippen molar-refractivity contribution in [2.24, 2.45) is 0 Å². The molecular formula is C16H20N2O4S. The summed E-state index contributed by atoms with van der Waals surface area (Å²) in [6.45, 7) is 0.633. The zero-order valence-electron chi connectivity index (χ0n) is 13.1. The first-order valence-corrected chi connectivity index (χ1v) is 9.66. The molecule has 1 aromatic rings. The highest BCUT2D eigenvalue weighted by Gasteiger charge is 2.34. The van der Waals surface area contributed by atoms with Crippen LogP contribution in [0.15, 0.2) is 24.3 Å². The van der Waals surface area contributed by atoms with Gasteiger partial charge in [0.2, 0.25) is 11.8 Å². The van der Waals surface area contributed by atoms with Crippen LogP contribution in [0.2, 0.25) is 0 Å². The maximum atomic E-state index is 12.5. The number of anilines is 1. The van der Waals surface area contributed by atoms with E-state index in [1.165, 1.54) is 11.2 Å². The van der Waals surface area contributed by atoms with Gasteiger partial charge in [-0.2, -0.15) is 0 Å². The fourth-order valence-electron chi connectivity index (χ4n) is 3.21. The van der Waals surface area contributed by atoms with Crippen LogP contribution in [0.25, 0.3) is 0 Å². The van der Waals surface area contributed by atoms with Crippen molar-refractivity contribution in [2.75, 3.05) is 30.8 Å². The van der Waals surface area contributed by atoms with Gasteiger partial charge in [0.1, 0.15) is 6.54 Å². The van der Waals surface area contributed by atoms with Gasteiger partial charge in [-0.1, -0.05) is 18.2 Å². The molecule has 0 bridgehead atoms. The summed E-state index contributed by atoms with van der Waals surface area (Å²) in [6.07, 6.45) is 2.76. The minimum atomic E-state index is -3.14. The lowest BCUT2D eigenvalue weighted by Crippen LogP contribution is -2.44. The maximum absolute atomic E-state index is 12.5. The van der Waals surface area contributed by atoms with Gasteiger partial charge in [0.05, 0.1) is 5.25 Å². The Morgan fingerprint density at radius 1 is 1.26 bits per heavy atom. The number of carbonyl (C=O) groups excluding carboxylic acids is 2. The third kappa shape index (κ3) is 3.24. The van der Waals surface area contributed by atoms with Gasteiger partial charge in [0.15, 0.2) is 9.84 Å². The number of nitrogens with zero attached hydrogens (tertiary/aromatic N) is 2. The molecule has 1 atom stereocenters. The predicted octanol–water partition coefficient (Wildman–Crippen LogP) is 0.611. The number of para-hydroxylation sites is 1. The van der Waals surface area contributed by atoms with Crippen LogP contribution >= 0.6 is 0 Å². The number of fused-ring (bicyclic) bond motifs is 1. The first kappa shape index (κ1) is 16.0. The van der Waals surface area contributed by atoms with E-state index in [-0.39, 0.29) is 24.9 Å². The lowest BCUT2D eigenvalue weighted by molar-refractivity contribution is -0.130. The second kappa shape index (κ2) is 5.96. The van der Waals surface area contributed by atoms with Gasteiger partial charge >= 0.3 is 0 Å². The van der Waals surface area contributed by atoms with Crippen LogP contribution < -0.4 is 4.90 Å². The summed E-state index contributed by atoms with van der Waals surface area (Å²) in [7, 11) is -3.14. The van der Waals surface area contributed by atoms with Gasteiger partial charge in [-0.3, -0.25) is 9.59 Å². The van der Waals surface area contributed by atoms with Gasteiger partial charge in [-0.15, -0.1) is 0 Å². The Morgan fingerprint density at radius 2 is 2.00 bits per heavy atom. The fraction of sp³-hybridized carbons (Fsp3) is 0.500. The molecule has 7 heteroatoms. The van der Waals surface area contributed by atoms with Crippen LogP contribution in [0.5, 0.6) is 0 Å². The normalized spacial score (nSPS) is 21.4. The average molecular weight is 336 g/mol. The smallest absolute Gasteiger partial charge is 0.242 e. The van der Waals surface area contributed by atoms with Crippen molar-refractivity contribution >= 4 is 27.3 Å². The van der Waals surface area contributed by atoms with Crippen LogP contribution in [0, 0.1) is 0 Å². The Kier molecular flexibility index (Phi) is 4.14. The molecule has 0 N–H and O–H groups in total. The molecule has 1 fully saturated rings. The molecular weight excluding hydrogens is 316 g/mol. The third-order valence-electron chi connectivity index (χ3n) is 4.59. The number of carbonyl (C=O) groups is 2. The Morgan fingerprint density at radius 3 is 2.70 bits per heavy atom. The number of hydrogen-bond acceptors (Lipinski definition) is 4. The number of likely N-dealkylation sites (tertiary alicyclic amines) is 1. The highest BCUT2D eigenvalue weighted by atomic mass is 32.2. The predicted molar refractivity (Wildman–Crippen MR) is 86.9 cm³/mol. The fourth-order valence-corrected chi connectivity index (χ4v) is 4.19. The number of aryl methyl sites for hydroxylation is 1. The molecule has 0 radical (unpaired) electrons. The molecule has 124 valence electrons. The molecule has 2 aliphatic rings. The summed E-state index contributed by atoms with van der Waals surface area (Å²) < 4.78 is 23.2. The van der Waals surface area contributed by atoms with Gasteiger partial charge in [-0.05, 0) is 24.5 Å². The van der Waals surface area contributed by atoms with E-state index in [4.69, 9.17) is 0 Å². The van der Waals surface area contributed by atoms with Gasteiger partial charge in [0, 0.05) is 31.5 Å². The summed E-state index contributed by atoms with van der Waals surface area (Å²) in [6, 6.07) is 7.59. The van der Waals surface area contributed by atoms with Crippen LogP contribution in [0.4, 0.5) is 5.69 Å². The average Bonchev–Trinajstić information content (AvgIpc) is 3.00. The summed E-state index contributed by atoms with van der Waals surface area (Å²) in [5, 5.41) is -0.490. The SMILES string of the molecule is CS(=O)(=O)C1CCN(C(=O)CN2C(=O)CCc3ccccc32)C1. The first-order valence-electron chi connectivity index (χ1n) is 7.71. The number of amides is 2. The molecule has 2 amide bonds. The van der Waals surface area contributed by atoms with E-state index in [0.717, 1.165) is 11.3 Å². The van der Waals surface area contributed by atoms with Crippen LogP contribution in [0.1, 0.15) is 18.4 Å². The molecule has 6 nitrogen and oxygen atoms in total. The summed E-state index contributed by atoms with van der Waals surface area (Å²) >= 11 is 0. The van der Waals surface area contributed by atoms with Crippen molar-refractivity contribution < 1.29 is 18.0 Å². The second-order valence-corrected chi connectivity index (χ2v) is 8.51. The van der Waals surface area contributed by atoms with E-state index in [1.54, 1.807) is 4.90 Å². The van der Waals surface area contributed by atoms with E-state index < -0.39 is 15.1 Å². The van der Waals surface area contributed by atoms with Crippen molar-refractivity contribution in [1.29, 1.82) is 0 Å². The number of benzene rings is 1. The van der Waals surface area contributed by atoms with E-state index in [9.17, 15) is 18.0 Å². The molecule has 0 spiro atoms. The molecule has 0 saturated carbocycles. The molecule has 2 heterocycles. The minimum absolute atomic E-state index is 0.0215. The third-order valence-corrected chi connectivity index (χ3v) is 6.18. The Hall–Kier alpha value is -1.89. The second-order valence-electron chi connectivity index (χ2n) is 6.19. The summed E-state index contributed by atoms with van der Waals surface area (Å²) in [5.41, 5.74) is 1.85. The van der Waals surface area contributed by atoms with Crippen molar-refractivity contribution in [3.05, 3.63) is 29.8 Å². The van der Waals surface area contributed by atoms with Crippen molar-refractivity contribution in [3.8, 4) is 0 Å². The van der Waals surface area contributed by atoms with Crippen LogP contribution in [0.3, 0.4) is 0 Å². The van der Waals surface area contributed by atoms with Crippen molar-refractivity contribution in [2.45, 2.75) is 24.5 Å². The molecule has 1 saturated heterocycles. The largest absolute Gasteiger partial charge is 0.340 e.